The SMILES string of the molecule is CCCNc1nc(NCC)nc2c1cnn2C. The van der Waals surface area contributed by atoms with Crippen LogP contribution in [0.15, 0.2) is 6.20 Å². The first-order valence-electron chi connectivity index (χ1n) is 5.93. The second-order valence-corrected chi connectivity index (χ2v) is 3.86. The summed E-state index contributed by atoms with van der Waals surface area (Å²) in [5.41, 5.74) is 0.842. The van der Waals surface area contributed by atoms with E-state index in [9.17, 15) is 0 Å². The van der Waals surface area contributed by atoms with Crippen LogP contribution in [0.2, 0.25) is 0 Å². The third kappa shape index (κ3) is 2.30. The number of nitrogens with one attached hydrogen (secondary N) is 2. The Morgan fingerprint density at radius 1 is 1.24 bits per heavy atom. The summed E-state index contributed by atoms with van der Waals surface area (Å²) in [7, 11) is 1.88. The van der Waals surface area contributed by atoms with Crippen molar-refractivity contribution in [3.05, 3.63) is 6.20 Å². The second kappa shape index (κ2) is 4.99. The normalized spacial score (nSPS) is 10.8. The maximum absolute atomic E-state index is 4.45. The molecular formula is C11H18N6. The van der Waals surface area contributed by atoms with E-state index >= 15 is 0 Å². The minimum Gasteiger partial charge on any atom is -0.369 e. The fraction of sp³-hybridized carbons (Fsp3) is 0.545. The minimum atomic E-state index is 0.641. The van der Waals surface area contributed by atoms with Gasteiger partial charge in [-0.15, -0.1) is 0 Å². The Labute approximate surface area is 100 Å². The van der Waals surface area contributed by atoms with Crippen molar-refractivity contribution in [2.75, 3.05) is 23.7 Å². The van der Waals surface area contributed by atoms with Gasteiger partial charge in [0.05, 0.1) is 11.6 Å². The molecule has 0 unspecified atom stereocenters. The highest BCUT2D eigenvalue weighted by atomic mass is 15.3. The van der Waals surface area contributed by atoms with E-state index in [-0.39, 0.29) is 0 Å². The van der Waals surface area contributed by atoms with Crippen molar-refractivity contribution in [1.29, 1.82) is 0 Å². The third-order valence-electron chi connectivity index (χ3n) is 2.47. The molecule has 2 aromatic rings. The summed E-state index contributed by atoms with van der Waals surface area (Å²) in [6, 6.07) is 0. The lowest BCUT2D eigenvalue weighted by Gasteiger charge is -2.08. The Bertz CT molecular complexity index is 504. The van der Waals surface area contributed by atoms with Gasteiger partial charge >= 0.3 is 0 Å². The Balaban J connectivity index is 2.46. The summed E-state index contributed by atoms with van der Waals surface area (Å²) >= 11 is 0. The largest absolute Gasteiger partial charge is 0.369 e. The quantitative estimate of drug-likeness (QED) is 0.822. The number of rotatable bonds is 5. The van der Waals surface area contributed by atoms with Gasteiger partial charge in [-0.3, -0.25) is 4.68 Å². The maximum atomic E-state index is 4.45. The highest BCUT2D eigenvalue weighted by Crippen LogP contribution is 2.21. The van der Waals surface area contributed by atoms with Gasteiger partial charge in [-0.1, -0.05) is 6.92 Å². The van der Waals surface area contributed by atoms with Gasteiger partial charge in [0.25, 0.3) is 0 Å². The molecular weight excluding hydrogens is 216 g/mol. The van der Waals surface area contributed by atoms with Gasteiger partial charge < -0.3 is 10.6 Å². The predicted molar refractivity (Wildman–Crippen MR) is 69.2 cm³/mol. The molecule has 2 heterocycles. The molecule has 92 valence electrons. The molecule has 0 bridgehead atoms. The lowest BCUT2D eigenvalue weighted by atomic mass is 10.3. The van der Waals surface area contributed by atoms with Gasteiger partial charge in [0, 0.05) is 20.1 Å². The van der Waals surface area contributed by atoms with E-state index in [1.165, 1.54) is 0 Å². The van der Waals surface area contributed by atoms with Crippen molar-refractivity contribution >= 4 is 22.8 Å². The molecule has 0 aromatic carbocycles. The first-order chi connectivity index (χ1) is 8.26. The van der Waals surface area contributed by atoms with Gasteiger partial charge in [-0.05, 0) is 13.3 Å². The zero-order valence-electron chi connectivity index (χ0n) is 10.5. The highest BCUT2D eigenvalue weighted by molar-refractivity contribution is 5.87. The monoisotopic (exact) mass is 234 g/mol. The van der Waals surface area contributed by atoms with Crippen LogP contribution in [-0.4, -0.2) is 32.8 Å². The van der Waals surface area contributed by atoms with Crippen molar-refractivity contribution in [2.45, 2.75) is 20.3 Å². The molecule has 0 saturated heterocycles. The molecule has 0 amide bonds. The fourth-order valence-electron chi connectivity index (χ4n) is 1.64. The van der Waals surface area contributed by atoms with E-state index in [1.54, 1.807) is 10.9 Å². The van der Waals surface area contributed by atoms with Gasteiger partial charge in [0.2, 0.25) is 5.95 Å². The molecule has 0 fully saturated rings. The molecule has 2 aromatic heterocycles. The number of anilines is 2. The van der Waals surface area contributed by atoms with Gasteiger partial charge in [0.1, 0.15) is 5.82 Å². The smallest absolute Gasteiger partial charge is 0.226 e. The number of aryl methyl sites for hydroxylation is 1. The predicted octanol–water partition coefficient (Wildman–Crippen LogP) is 1.62. The summed E-state index contributed by atoms with van der Waals surface area (Å²) in [4.78, 5) is 8.89. The van der Waals surface area contributed by atoms with Crippen LogP contribution in [-0.2, 0) is 7.05 Å². The molecule has 0 aliphatic heterocycles. The van der Waals surface area contributed by atoms with Crippen LogP contribution in [0.1, 0.15) is 20.3 Å². The molecule has 6 nitrogen and oxygen atoms in total. The number of nitrogens with zero attached hydrogens (tertiary/aromatic N) is 4. The molecule has 2 N–H and O–H groups in total. The van der Waals surface area contributed by atoms with E-state index in [2.05, 4.69) is 32.6 Å². The van der Waals surface area contributed by atoms with Crippen molar-refractivity contribution < 1.29 is 0 Å². The topological polar surface area (TPSA) is 67.7 Å². The zero-order chi connectivity index (χ0) is 12.3. The molecule has 0 aliphatic rings. The Morgan fingerprint density at radius 2 is 2.06 bits per heavy atom. The van der Waals surface area contributed by atoms with Gasteiger partial charge in [0.15, 0.2) is 5.65 Å². The minimum absolute atomic E-state index is 0.641. The second-order valence-electron chi connectivity index (χ2n) is 3.86. The fourth-order valence-corrected chi connectivity index (χ4v) is 1.64. The van der Waals surface area contributed by atoms with Crippen LogP contribution < -0.4 is 10.6 Å². The Morgan fingerprint density at radius 3 is 2.76 bits per heavy atom. The Hall–Kier alpha value is -1.85. The third-order valence-corrected chi connectivity index (χ3v) is 2.47. The summed E-state index contributed by atoms with van der Waals surface area (Å²) in [5, 5.41) is 11.6. The lowest BCUT2D eigenvalue weighted by Crippen LogP contribution is -2.08. The van der Waals surface area contributed by atoms with E-state index in [1.807, 2.05) is 14.0 Å². The van der Waals surface area contributed by atoms with Crippen molar-refractivity contribution in [3.63, 3.8) is 0 Å². The maximum Gasteiger partial charge on any atom is 0.226 e. The van der Waals surface area contributed by atoms with Crippen molar-refractivity contribution in [2.24, 2.45) is 7.05 Å². The summed E-state index contributed by atoms with van der Waals surface area (Å²) in [5.74, 6) is 1.49. The Kier molecular flexibility index (Phi) is 3.41. The average molecular weight is 234 g/mol. The molecule has 0 atom stereocenters. The van der Waals surface area contributed by atoms with Gasteiger partial charge in [-0.2, -0.15) is 15.1 Å². The van der Waals surface area contributed by atoms with Crippen LogP contribution in [0.25, 0.3) is 11.0 Å². The first-order valence-corrected chi connectivity index (χ1v) is 5.93. The number of hydrogen-bond donors (Lipinski definition) is 2. The van der Waals surface area contributed by atoms with E-state index in [0.717, 1.165) is 36.4 Å². The van der Waals surface area contributed by atoms with Crippen molar-refractivity contribution in [1.82, 2.24) is 19.7 Å². The average Bonchev–Trinajstić information content (AvgIpc) is 2.69. The summed E-state index contributed by atoms with van der Waals surface area (Å²) < 4.78 is 1.76. The van der Waals surface area contributed by atoms with Gasteiger partial charge in [-0.25, -0.2) is 0 Å². The summed E-state index contributed by atoms with van der Waals surface area (Å²) in [6.07, 6.45) is 2.85. The van der Waals surface area contributed by atoms with Crippen LogP contribution >= 0.6 is 0 Å². The zero-order valence-corrected chi connectivity index (χ0v) is 10.5. The van der Waals surface area contributed by atoms with E-state index in [0.29, 0.717) is 5.95 Å². The van der Waals surface area contributed by atoms with Crippen LogP contribution in [0, 0.1) is 0 Å². The number of fused-ring (bicyclic) bond motifs is 1. The molecule has 2 rings (SSSR count). The first kappa shape index (κ1) is 11.6. The number of aromatic nitrogens is 4. The molecule has 17 heavy (non-hydrogen) atoms. The number of hydrogen-bond acceptors (Lipinski definition) is 5. The lowest BCUT2D eigenvalue weighted by molar-refractivity contribution is 0.785. The molecule has 0 spiro atoms. The molecule has 0 aliphatic carbocycles. The highest BCUT2D eigenvalue weighted by Gasteiger charge is 2.10. The van der Waals surface area contributed by atoms with Crippen LogP contribution in [0.3, 0.4) is 0 Å². The molecule has 0 radical (unpaired) electrons. The molecule has 6 heteroatoms. The van der Waals surface area contributed by atoms with Crippen LogP contribution in [0.5, 0.6) is 0 Å². The van der Waals surface area contributed by atoms with E-state index < -0.39 is 0 Å². The van der Waals surface area contributed by atoms with Crippen molar-refractivity contribution in [3.8, 4) is 0 Å². The standard InChI is InChI=1S/C11H18N6/c1-4-6-13-9-8-7-14-17(3)10(8)16-11(15-9)12-5-2/h7H,4-6H2,1-3H3,(H2,12,13,15,16). The van der Waals surface area contributed by atoms with Crippen LogP contribution in [0.4, 0.5) is 11.8 Å². The van der Waals surface area contributed by atoms with E-state index in [4.69, 9.17) is 0 Å². The summed E-state index contributed by atoms with van der Waals surface area (Å²) in [6.45, 7) is 5.85. The molecule has 0 saturated carbocycles.